The van der Waals surface area contributed by atoms with E-state index in [4.69, 9.17) is 5.73 Å². The number of nitrogens with zero attached hydrogens (tertiary/aromatic N) is 1. The third-order valence-electron chi connectivity index (χ3n) is 2.76. The molecule has 0 amide bonds. The standard InChI is InChI=1S/C13H7F4N3S/c14-6-4-7(15)11(17)12(10(6)16)20-13-19-8-2-1-5(18)3-9(8)21-13/h1-4H,18H2,(H,19,20). The van der Waals surface area contributed by atoms with Gasteiger partial charge in [0.05, 0.1) is 10.2 Å². The third kappa shape index (κ3) is 2.38. The quantitative estimate of drug-likeness (QED) is 0.424. The summed E-state index contributed by atoms with van der Waals surface area (Å²) in [6.45, 7) is 0. The first-order chi connectivity index (χ1) is 9.95. The number of aromatic nitrogens is 1. The fraction of sp³-hybridized carbons (Fsp3) is 0. The van der Waals surface area contributed by atoms with E-state index in [0.717, 1.165) is 11.3 Å². The molecule has 3 aromatic rings. The van der Waals surface area contributed by atoms with Crippen LogP contribution in [0.5, 0.6) is 0 Å². The predicted octanol–water partition coefficient (Wildman–Crippen LogP) is 4.18. The number of hydrogen-bond donors (Lipinski definition) is 2. The number of nitrogens with two attached hydrogens (primary N) is 1. The molecule has 0 radical (unpaired) electrons. The zero-order valence-electron chi connectivity index (χ0n) is 10.3. The number of benzene rings is 2. The Labute approximate surface area is 120 Å². The second kappa shape index (κ2) is 4.88. The summed E-state index contributed by atoms with van der Waals surface area (Å²) in [6, 6.07) is 5.03. The van der Waals surface area contributed by atoms with E-state index in [0.29, 0.717) is 15.9 Å². The number of nitrogen functional groups attached to an aromatic ring is 1. The van der Waals surface area contributed by atoms with Crippen molar-refractivity contribution in [1.29, 1.82) is 0 Å². The van der Waals surface area contributed by atoms with Crippen molar-refractivity contribution >= 4 is 38.1 Å². The van der Waals surface area contributed by atoms with Crippen molar-refractivity contribution in [3.8, 4) is 0 Å². The molecule has 3 N–H and O–H groups in total. The molecule has 108 valence electrons. The number of anilines is 3. The van der Waals surface area contributed by atoms with Gasteiger partial charge in [0.25, 0.3) is 0 Å². The monoisotopic (exact) mass is 313 g/mol. The molecule has 0 fully saturated rings. The lowest BCUT2D eigenvalue weighted by atomic mass is 10.2. The molecule has 0 atom stereocenters. The fourth-order valence-electron chi connectivity index (χ4n) is 1.78. The van der Waals surface area contributed by atoms with Crippen molar-refractivity contribution in [3.05, 3.63) is 47.5 Å². The summed E-state index contributed by atoms with van der Waals surface area (Å²) >= 11 is 1.05. The van der Waals surface area contributed by atoms with Crippen LogP contribution in [0.4, 0.5) is 34.1 Å². The van der Waals surface area contributed by atoms with Crippen LogP contribution < -0.4 is 11.1 Å². The first kappa shape index (κ1) is 13.6. The van der Waals surface area contributed by atoms with Crippen molar-refractivity contribution in [2.45, 2.75) is 0 Å². The van der Waals surface area contributed by atoms with Gasteiger partial charge >= 0.3 is 0 Å². The highest BCUT2D eigenvalue weighted by molar-refractivity contribution is 7.22. The lowest BCUT2D eigenvalue weighted by Crippen LogP contribution is -2.02. The highest BCUT2D eigenvalue weighted by atomic mass is 32.1. The summed E-state index contributed by atoms with van der Waals surface area (Å²) in [5.74, 6) is -5.98. The topological polar surface area (TPSA) is 50.9 Å². The van der Waals surface area contributed by atoms with Gasteiger partial charge in [-0.1, -0.05) is 11.3 Å². The maximum atomic E-state index is 13.6. The third-order valence-corrected chi connectivity index (χ3v) is 3.69. The normalized spacial score (nSPS) is 11.0. The molecule has 0 unspecified atom stereocenters. The number of thiazole rings is 1. The zero-order chi connectivity index (χ0) is 15.1. The number of halogens is 4. The van der Waals surface area contributed by atoms with E-state index in [9.17, 15) is 17.6 Å². The van der Waals surface area contributed by atoms with E-state index in [1.807, 2.05) is 0 Å². The Bertz CT molecular complexity index is 821. The van der Waals surface area contributed by atoms with Crippen LogP contribution in [-0.4, -0.2) is 4.98 Å². The van der Waals surface area contributed by atoms with Crippen molar-refractivity contribution in [3.63, 3.8) is 0 Å². The highest BCUT2D eigenvalue weighted by Gasteiger charge is 2.20. The molecule has 0 aliphatic carbocycles. The van der Waals surface area contributed by atoms with Crippen LogP contribution in [0.3, 0.4) is 0 Å². The summed E-state index contributed by atoms with van der Waals surface area (Å²) in [5, 5.41) is 2.36. The molecule has 8 heteroatoms. The Morgan fingerprint density at radius 2 is 1.67 bits per heavy atom. The molecular formula is C13H7F4N3S. The predicted molar refractivity (Wildman–Crippen MR) is 73.6 cm³/mol. The van der Waals surface area contributed by atoms with Crippen molar-refractivity contribution < 1.29 is 17.6 Å². The van der Waals surface area contributed by atoms with Crippen LogP contribution in [0, 0.1) is 23.3 Å². The van der Waals surface area contributed by atoms with Crippen molar-refractivity contribution in [1.82, 2.24) is 4.98 Å². The van der Waals surface area contributed by atoms with E-state index in [-0.39, 0.29) is 11.2 Å². The molecule has 0 saturated heterocycles. The van der Waals surface area contributed by atoms with E-state index >= 15 is 0 Å². The van der Waals surface area contributed by atoms with Gasteiger partial charge in [-0.15, -0.1) is 0 Å². The number of rotatable bonds is 2. The molecular weight excluding hydrogens is 306 g/mol. The molecule has 0 spiro atoms. The lowest BCUT2D eigenvalue weighted by Gasteiger charge is -2.07. The first-order valence-corrected chi connectivity index (χ1v) is 6.53. The van der Waals surface area contributed by atoms with Crippen molar-refractivity contribution in [2.24, 2.45) is 0 Å². The van der Waals surface area contributed by atoms with Crippen LogP contribution >= 0.6 is 11.3 Å². The second-order valence-corrected chi connectivity index (χ2v) is 5.25. The first-order valence-electron chi connectivity index (χ1n) is 5.72. The van der Waals surface area contributed by atoms with Gasteiger partial charge in [-0.2, -0.15) is 0 Å². The van der Waals surface area contributed by atoms with Crippen LogP contribution in [0.25, 0.3) is 10.2 Å². The summed E-state index contributed by atoms with van der Waals surface area (Å²) in [7, 11) is 0. The lowest BCUT2D eigenvalue weighted by molar-refractivity contribution is 0.459. The maximum absolute atomic E-state index is 13.6. The van der Waals surface area contributed by atoms with Crippen molar-refractivity contribution in [2.75, 3.05) is 11.1 Å². The van der Waals surface area contributed by atoms with Gasteiger partial charge in [0.15, 0.2) is 28.4 Å². The number of nitrogens with one attached hydrogen (secondary N) is 1. The SMILES string of the molecule is Nc1ccc2nc(Nc3c(F)c(F)cc(F)c3F)sc2c1. The summed E-state index contributed by atoms with van der Waals surface area (Å²) in [6.07, 6.45) is 0. The van der Waals surface area contributed by atoms with Crippen LogP contribution in [0.2, 0.25) is 0 Å². The fourth-order valence-corrected chi connectivity index (χ4v) is 2.70. The summed E-state index contributed by atoms with van der Waals surface area (Å²) in [4.78, 5) is 4.06. The Balaban J connectivity index is 2.06. The molecule has 0 bridgehead atoms. The van der Waals surface area contributed by atoms with Crippen LogP contribution in [0.15, 0.2) is 24.3 Å². The zero-order valence-corrected chi connectivity index (χ0v) is 11.1. The average Bonchev–Trinajstić information content (AvgIpc) is 2.83. The molecule has 2 aromatic carbocycles. The Morgan fingerprint density at radius 3 is 2.33 bits per heavy atom. The second-order valence-electron chi connectivity index (χ2n) is 4.21. The Morgan fingerprint density at radius 1 is 1.00 bits per heavy atom. The molecule has 0 saturated carbocycles. The minimum absolute atomic E-state index is 0.0957. The minimum Gasteiger partial charge on any atom is -0.399 e. The summed E-state index contributed by atoms with van der Waals surface area (Å²) < 4.78 is 54.0. The van der Waals surface area contributed by atoms with Gasteiger partial charge < -0.3 is 11.1 Å². The molecule has 21 heavy (non-hydrogen) atoms. The van der Waals surface area contributed by atoms with Gasteiger partial charge in [-0.3, -0.25) is 0 Å². The minimum atomic E-state index is -1.51. The largest absolute Gasteiger partial charge is 0.399 e. The van der Waals surface area contributed by atoms with Crippen LogP contribution in [-0.2, 0) is 0 Å². The number of hydrogen-bond acceptors (Lipinski definition) is 4. The van der Waals surface area contributed by atoms with Gasteiger partial charge in [0.2, 0.25) is 0 Å². The summed E-state index contributed by atoms with van der Waals surface area (Å²) in [5.41, 5.74) is 5.75. The molecule has 3 nitrogen and oxygen atoms in total. The van der Waals surface area contributed by atoms with Gasteiger partial charge in [0, 0.05) is 11.8 Å². The number of fused-ring (bicyclic) bond motifs is 1. The van der Waals surface area contributed by atoms with E-state index in [1.165, 1.54) is 0 Å². The van der Waals surface area contributed by atoms with Gasteiger partial charge in [-0.25, -0.2) is 22.5 Å². The highest BCUT2D eigenvalue weighted by Crippen LogP contribution is 2.32. The molecule has 1 heterocycles. The smallest absolute Gasteiger partial charge is 0.188 e. The molecule has 0 aliphatic heterocycles. The average molecular weight is 313 g/mol. The molecule has 1 aromatic heterocycles. The van der Waals surface area contributed by atoms with E-state index < -0.39 is 29.0 Å². The molecule has 3 rings (SSSR count). The Kier molecular flexibility index (Phi) is 3.17. The molecule has 0 aliphatic rings. The van der Waals surface area contributed by atoms with Gasteiger partial charge in [-0.05, 0) is 18.2 Å². The van der Waals surface area contributed by atoms with Crippen LogP contribution in [0.1, 0.15) is 0 Å². The van der Waals surface area contributed by atoms with E-state index in [1.54, 1.807) is 18.2 Å². The van der Waals surface area contributed by atoms with Gasteiger partial charge in [0.1, 0.15) is 5.69 Å². The Hall–Kier alpha value is -2.35. The maximum Gasteiger partial charge on any atom is 0.188 e. The van der Waals surface area contributed by atoms with E-state index in [2.05, 4.69) is 10.3 Å².